The van der Waals surface area contributed by atoms with E-state index < -0.39 is 6.10 Å². The van der Waals surface area contributed by atoms with E-state index in [1.54, 1.807) is 11.6 Å². The van der Waals surface area contributed by atoms with E-state index in [2.05, 4.69) is 4.57 Å². The molecule has 0 amide bonds. The molecule has 1 unspecified atom stereocenters. The Labute approximate surface area is 189 Å². The topological polar surface area (TPSA) is 58.2 Å². The highest BCUT2D eigenvalue weighted by Crippen LogP contribution is 2.46. The van der Waals surface area contributed by atoms with Gasteiger partial charge in [-0.1, -0.05) is 72.8 Å². The van der Waals surface area contributed by atoms with E-state index in [1.807, 2.05) is 84.9 Å². The molecule has 5 aromatic rings. The van der Waals surface area contributed by atoms with E-state index in [9.17, 15) is 9.59 Å². The Morgan fingerprint density at radius 2 is 1.39 bits per heavy atom. The van der Waals surface area contributed by atoms with E-state index in [-0.39, 0.29) is 11.2 Å². The number of fused-ring (bicyclic) bond motifs is 5. The molecular weight excluding hydrogens is 414 g/mol. The first-order chi connectivity index (χ1) is 16.1. The fourth-order valence-electron chi connectivity index (χ4n) is 4.83. The Hall–Kier alpha value is -4.32. The molecule has 6 rings (SSSR count). The second-order valence-corrected chi connectivity index (χ2v) is 8.24. The summed E-state index contributed by atoms with van der Waals surface area (Å²) in [5, 5.41) is 0.502. The van der Waals surface area contributed by atoms with Crippen LogP contribution in [-0.4, -0.2) is 13.7 Å². The molecule has 0 spiro atoms. The second-order valence-electron chi connectivity index (χ2n) is 8.24. The van der Waals surface area contributed by atoms with Crippen molar-refractivity contribution in [2.24, 2.45) is 14.1 Å². The van der Waals surface area contributed by atoms with Crippen molar-refractivity contribution in [3.8, 4) is 22.7 Å². The molecule has 33 heavy (non-hydrogen) atoms. The zero-order valence-corrected chi connectivity index (χ0v) is 18.2. The number of hydrogen-bond donors (Lipinski definition) is 0. The fraction of sp³-hybridized carbons (Fsp3) is 0.111. The number of aromatic nitrogens is 3. The van der Waals surface area contributed by atoms with Crippen molar-refractivity contribution >= 4 is 10.9 Å². The van der Waals surface area contributed by atoms with Crippen LogP contribution >= 0.6 is 0 Å². The normalized spacial score (nSPS) is 14.5. The van der Waals surface area contributed by atoms with Crippen LogP contribution in [0.25, 0.3) is 27.8 Å². The van der Waals surface area contributed by atoms with Crippen molar-refractivity contribution in [2.75, 3.05) is 0 Å². The summed E-state index contributed by atoms with van der Waals surface area (Å²) in [6.07, 6.45) is -0.487. The van der Waals surface area contributed by atoms with E-state index in [4.69, 9.17) is 4.74 Å². The highest BCUT2D eigenvalue weighted by Gasteiger charge is 2.35. The van der Waals surface area contributed by atoms with Crippen molar-refractivity contribution in [1.82, 2.24) is 13.7 Å². The van der Waals surface area contributed by atoms with Gasteiger partial charge in [-0.25, -0.2) is 4.79 Å². The van der Waals surface area contributed by atoms with Crippen molar-refractivity contribution in [3.63, 3.8) is 0 Å². The number of rotatable bonds is 2. The largest absolute Gasteiger partial charge is 0.477 e. The van der Waals surface area contributed by atoms with Crippen LogP contribution in [0.4, 0.5) is 0 Å². The summed E-state index contributed by atoms with van der Waals surface area (Å²) in [7, 11) is 3.23. The van der Waals surface area contributed by atoms with Crippen LogP contribution in [0.2, 0.25) is 0 Å². The van der Waals surface area contributed by atoms with E-state index in [0.717, 1.165) is 34.0 Å². The summed E-state index contributed by atoms with van der Waals surface area (Å²) in [4.78, 5) is 26.6. The number of para-hydroxylation sites is 2. The molecule has 2 aromatic heterocycles. The zero-order valence-electron chi connectivity index (χ0n) is 18.2. The molecule has 6 nitrogen and oxygen atoms in total. The third kappa shape index (κ3) is 2.67. The minimum atomic E-state index is -0.487. The van der Waals surface area contributed by atoms with Gasteiger partial charge in [-0.3, -0.25) is 13.9 Å². The minimum Gasteiger partial charge on any atom is -0.477 e. The van der Waals surface area contributed by atoms with Crippen LogP contribution in [0.5, 0.6) is 5.75 Å². The first-order valence-electron chi connectivity index (χ1n) is 10.8. The molecule has 0 bridgehead atoms. The lowest BCUT2D eigenvalue weighted by Gasteiger charge is -2.30. The SMILES string of the molecule is Cn1c(=O)c2c(-c3ccccc3)n3c(c2n(C)c1=O)C(c1ccccc1)Oc1ccccc1-3. The smallest absolute Gasteiger partial charge is 0.331 e. The van der Waals surface area contributed by atoms with Crippen molar-refractivity contribution in [3.05, 3.63) is 117 Å². The Bertz CT molecular complexity index is 1640. The Balaban J connectivity index is 1.89. The molecule has 0 aliphatic carbocycles. The lowest BCUT2D eigenvalue weighted by Crippen LogP contribution is -2.37. The van der Waals surface area contributed by atoms with Gasteiger partial charge in [-0.2, -0.15) is 0 Å². The summed E-state index contributed by atoms with van der Waals surface area (Å²) in [5.74, 6) is 0.721. The number of nitrogens with zero attached hydrogens (tertiary/aromatic N) is 3. The molecule has 0 radical (unpaired) electrons. The highest BCUT2D eigenvalue weighted by atomic mass is 16.5. The molecule has 162 valence electrons. The maximum Gasteiger partial charge on any atom is 0.331 e. The lowest BCUT2D eigenvalue weighted by atomic mass is 10.0. The van der Waals surface area contributed by atoms with Gasteiger partial charge in [-0.15, -0.1) is 0 Å². The molecule has 6 heteroatoms. The Morgan fingerprint density at radius 1 is 0.758 bits per heavy atom. The van der Waals surface area contributed by atoms with Gasteiger partial charge in [0.2, 0.25) is 0 Å². The summed E-state index contributed by atoms with van der Waals surface area (Å²) in [6, 6.07) is 27.5. The zero-order chi connectivity index (χ0) is 22.7. The van der Waals surface area contributed by atoms with Crippen LogP contribution in [0.3, 0.4) is 0 Å². The molecule has 0 fully saturated rings. The Kier molecular flexibility index (Phi) is 4.17. The molecule has 1 aliphatic heterocycles. The van der Waals surface area contributed by atoms with Crippen LogP contribution in [0, 0.1) is 0 Å². The van der Waals surface area contributed by atoms with Gasteiger partial charge in [0.25, 0.3) is 5.56 Å². The summed E-state index contributed by atoms with van der Waals surface area (Å²) in [6.45, 7) is 0. The molecule has 0 saturated carbocycles. The van der Waals surface area contributed by atoms with Gasteiger partial charge in [0, 0.05) is 14.1 Å². The van der Waals surface area contributed by atoms with Crippen LogP contribution in [0.1, 0.15) is 17.4 Å². The maximum atomic E-state index is 13.6. The number of aryl methyl sites for hydroxylation is 1. The Morgan fingerprint density at radius 3 is 2.12 bits per heavy atom. The highest BCUT2D eigenvalue weighted by molar-refractivity contribution is 5.98. The van der Waals surface area contributed by atoms with Crippen LogP contribution < -0.4 is 16.0 Å². The van der Waals surface area contributed by atoms with Crippen LogP contribution in [0.15, 0.2) is 94.5 Å². The van der Waals surface area contributed by atoms with Gasteiger partial charge < -0.3 is 9.30 Å². The van der Waals surface area contributed by atoms with E-state index in [0.29, 0.717) is 10.9 Å². The van der Waals surface area contributed by atoms with Crippen molar-refractivity contribution in [2.45, 2.75) is 6.10 Å². The summed E-state index contributed by atoms with van der Waals surface area (Å²) < 4.78 is 11.3. The van der Waals surface area contributed by atoms with Gasteiger partial charge in [-0.05, 0) is 23.3 Å². The quantitative estimate of drug-likeness (QED) is 0.418. The molecule has 0 saturated heterocycles. The predicted octanol–water partition coefficient (Wildman–Crippen LogP) is 4.18. The molecule has 1 aliphatic rings. The van der Waals surface area contributed by atoms with Gasteiger partial charge in [0.1, 0.15) is 5.75 Å². The minimum absolute atomic E-state index is 0.321. The standard InChI is InChI=1S/C27H21N3O3/c1-28-23-21(26(31)29(2)27(28)32)22(17-11-5-3-6-12-17)30-19-15-9-10-16-20(19)33-25(24(23)30)18-13-7-4-8-14-18/h3-16,25H,1-2H3. The van der Waals surface area contributed by atoms with Crippen molar-refractivity contribution in [1.29, 1.82) is 0 Å². The number of hydrogen-bond acceptors (Lipinski definition) is 3. The number of benzene rings is 3. The van der Waals surface area contributed by atoms with E-state index in [1.165, 1.54) is 11.6 Å². The molecule has 3 aromatic carbocycles. The average Bonchev–Trinajstić information content (AvgIpc) is 3.23. The fourth-order valence-corrected chi connectivity index (χ4v) is 4.83. The lowest BCUT2D eigenvalue weighted by molar-refractivity contribution is 0.229. The maximum absolute atomic E-state index is 13.6. The number of ether oxygens (including phenoxy) is 1. The molecule has 3 heterocycles. The van der Waals surface area contributed by atoms with Gasteiger partial charge >= 0.3 is 5.69 Å². The molecular formula is C27H21N3O3. The third-order valence-electron chi connectivity index (χ3n) is 6.36. The molecule has 1 atom stereocenters. The predicted molar refractivity (Wildman–Crippen MR) is 128 cm³/mol. The molecule has 0 N–H and O–H groups in total. The van der Waals surface area contributed by atoms with Gasteiger partial charge in [0.15, 0.2) is 6.10 Å². The van der Waals surface area contributed by atoms with Crippen LogP contribution in [-0.2, 0) is 14.1 Å². The van der Waals surface area contributed by atoms with E-state index >= 15 is 0 Å². The van der Waals surface area contributed by atoms with Gasteiger partial charge in [0.05, 0.1) is 28.0 Å². The van der Waals surface area contributed by atoms with Crippen molar-refractivity contribution < 1.29 is 4.74 Å². The average molecular weight is 435 g/mol. The second kappa shape index (κ2) is 7.10. The first kappa shape index (κ1) is 19.4. The third-order valence-corrected chi connectivity index (χ3v) is 6.36. The monoisotopic (exact) mass is 435 g/mol. The summed E-state index contributed by atoms with van der Waals surface area (Å²) in [5.41, 5.74) is 4.10. The summed E-state index contributed by atoms with van der Waals surface area (Å²) >= 11 is 0. The first-order valence-corrected chi connectivity index (χ1v) is 10.8.